The number of anilines is 1. The van der Waals surface area contributed by atoms with Crippen molar-refractivity contribution < 1.29 is 14.7 Å². The number of carbonyl (C=O) groups is 2. The molecule has 1 saturated heterocycles. The molecule has 0 radical (unpaired) electrons. The monoisotopic (exact) mass is 259 g/mol. The number of hydrogen-bond donors (Lipinski definition) is 2. The van der Waals surface area contributed by atoms with Crippen LogP contribution in [0.2, 0.25) is 0 Å². The van der Waals surface area contributed by atoms with Crippen LogP contribution in [-0.2, 0) is 9.59 Å². The summed E-state index contributed by atoms with van der Waals surface area (Å²) in [5.74, 6) is -1.10. The highest BCUT2D eigenvalue weighted by molar-refractivity contribution is 5.84. The van der Waals surface area contributed by atoms with Crippen molar-refractivity contribution >= 4 is 17.6 Å². The van der Waals surface area contributed by atoms with Gasteiger partial charge in [-0.05, 0) is 12.1 Å². The average Bonchev–Trinajstić information content (AvgIpc) is 2.40. The summed E-state index contributed by atoms with van der Waals surface area (Å²) >= 11 is 0. The number of rotatable bonds is 3. The minimum Gasteiger partial charge on any atom is -0.481 e. The van der Waals surface area contributed by atoms with Gasteiger partial charge in [-0.15, -0.1) is 0 Å². The van der Waals surface area contributed by atoms with E-state index in [4.69, 9.17) is 10.4 Å². The minimum atomic E-state index is -0.930. The molecule has 98 valence electrons. The molecule has 1 aliphatic heterocycles. The molecule has 0 aliphatic carbocycles. The molecule has 1 unspecified atom stereocenters. The zero-order valence-corrected chi connectivity index (χ0v) is 10.2. The number of carboxylic acids is 1. The molecule has 1 atom stereocenters. The van der Waals surface area contributed by atoms with Crippen LogP contribution in [0.4, 0.5) is 5.69 Å². The van der Waals surface area contributed by atoms with Crippen molar-refractivity contribution in [3.63, 3.8) is 0 Å². The van der Waals surface area contributed by atoms with Crippen LogP contribution in [0.25, 0.3) is 0 Å². The van der Waals surface area contributed by atoms with Crippen molar-refractivity contribution in [1.29, 1.82) is 5.26 Å². The van der Waals surface area contributed by atoms with Crippen LogP contribution in [0, 0.1) is 11.3 Å². The van der Waals surface area contributed by atoms with Crippen LogP contribution in [0.1, 0.15) is 12.0 Å². The van der Waals surface area contributed by atoms with Gasteiger partial charge >= 0.3 is 5.97 Å². The molecule has 19 heavy (non-hydrogen) atoms. The van der Waals surface area contributed by atoms with E-state index in [1.54, 1.807) is 29.2 Å². The van der Waals surface area contributed by atoms with Crippen molar-refractivity contribution in [2.75, 3.05) is 18.0 Å². The van der Waals surface area contributed by atoms with Crippen molar-refractivity contribution in [2.45, 2.75) is 12.5 Å². The third-order valence-corrected chi connectivity index (χ3v) is 3.03. The van der Waals surface area contributed by atoms with Crippen LogP contribution in [-0.4, -0.2) is 36.1 Å². The summed E-state index contributed by atoms with van der Waals surface area (Å²) in [5.41, 5.74) is 1.04. The lowest BCUT2D eigenvalue weighted by Crippen LogP contribution is -2.55. The van der Waals surface area contributed by atoms with Gasteiger partial charge in [0.25, 0.3) is 0 Å². The standard InChI is InChI=1S/C13H13N3O3/c14-6-9-3-1-2-4-11(9)16-8-12(17)15-7-10(16)5-13(18)19/h1-4,10H,5,7-8H2,(H,15,17)(H,18,19). The van der Waals surface area contributed by atoms with Crippen LogP contribution < -0.4 is 10.2 Å². The molecular weight excluding hydrogens is 246 g/mol. The number of nitrogens with one attached hydrogen (secondary N) is 1. The van der Waals surface area contributed by atoms with Crippen LogP contribution >= 0.6 is 0 Å². The predicted octanol–water partition coefficient (Wildman–Crippen LogP) is 0.338. The Balaban J connectivity index is 2.34. The minimum absolute atomic E-state index is 0.0661. The molecule has 1 amide bonds. The van der Waals surface area contributed by atoms with E-state index in [-0.39, 0.29) is 31.5 Å². The first-order valence-corrected chi connectivity index (χ1v) is 5.86. The number of hydrogen-bond acceptors (Lipinski definition) is 4. The quantitative estimate of drug-likeness (QED) is 0.816. The molecule has 1 aromatic carbocycles. The molecule has 6 heteroatoms. The van der Waals surface area contributed by atoms with Gasteiger partial charge in [-0.1, -0.05) is 12.1 Å². The molecule has 2 N–H and O–H groups in total. The van der Waals surface area contributed by atoms with Crippen LogP contribution in [0.5, 0.6) is 0 Å². The van der Waals surface area contributed by atoms with E-state index in [0.29, 0.717) is 11.3 Å². The smallest absolute Gasteiger partial charge is 0.305 e. The molecular formula is C13H13N3O3. The van der Waals surface area contributed by atoms with Gasteiger partial charge in [-0.3, -0.25) is 9.59 Å². The number of nitriles is 1. The summed E-state index contributed by atoms with van der Waals surface area (Å²) in [6.07, 6.45) is -0.0833. The zero-order chi connectivity index (χ0) is 13.8. The highest BCUT2D eigenvalue weighted by atomic mass is 16.4. The van der Waals surface area contributed by atoms with E-state index >= 15 is 0 Å². The molecule has 1 fully saturated rings. The average molecular weight is 259 g/mol. The molecule has 0 aromatic heterocycles. The summed E-state index contributed by atoms with van der Waals surface area (Å²) in [4.78, 5) is 24.1. The number of carbonyl (C=O) groups excluding carboxylic acids is 1. The van der Waals surface area contributed by atoms with Crippen LogP contribution in [0.3, 0.4) is 0 Å². The van der Waals surface area contributed by atoms with E-state index in [2.05, 4.69) is 11.4 Å². The third kappa shape index (κ3) is 2.83. The second-order valence-electron chi connectivity index (χ2n) is 4.31. The lowest BCUT2D eigenvalue weighted by Gasteiger charge is -2.36. The van der Waals surface area contributed by atoms with E-state index in [1.807, 2.05) is 0 Å². The summed E-state index contributed by atoms with van der Waals surface area (Å²) in [7, 11) is 0. The number of amides is 1. The number of benzene rings is 1. The number of nitrogens with zero attached hydrogens (tertiary/aromatic N) is 2. The van der Waals surface area contributed by atoms with E-state index in [1.165, 1.54) is 0 Å². The first-order chi connectivity index (χ1) is 9.11. The Morgan fingerprint density at radius 2 is 2.26 bits per heavy atom. The number of carboxylic acid groups (broad SMARTS) is 1. The Kier molecular flexibility index (Phi) is 3.66. The van der Waals surface area contributed by atoms with E-state index in [9.17, 15) is 9.59 Å². The molecule has 0 bridgehead atoms. The van der Waals surface area contributed by atoms with Crippen molar-refractivity contribution in [3.05, 3.63) is 29.8 Å². The van der Waals surface area contributed by atoms with Crippen molar-refractivity contribution in [1.82, 2.24) is 5.32 Å². The van der Waals surface area contributed by atoms with Crippen molar-refractivity contribution in [2.24, 2.45) is 0 Å². The van der Waals surface area contributed by atoms with E-state index < -0.39 is 5.97 Å². The normalized spacial score (nSPS) is 18.6. The van der Waals surface area contributed by atoms with Gasteiger partial charge in [0.2, 0.25) is 5.91 Å². The SMILES string of the molecule is N#Cc1ccccc1N1CC(=O)NCC1CC(=O)O. The molecule has 1 aromatic rings. The fraction of sp³-hybridized carbons (Fsp3) is 0.308. The first kappa shape index (κ1) is 12.9. The molecule has 1 aliphatic rings. The summed E-state index contributed by atoms with van der Waals surface area (Å²) in [6, 6.07) is 8.60. The van der Waals surface area contributed by atoms with Crippen molar-refractivity contribution in [3.8, 4) is 6.07 Å². The summed E-state index contributed by atoms with van der Waals surface area (Å²) in [5, 5.41) is 20.7. The number of para-hydroxylation sites is 1. The Labute approximate surface area is 110 Å². The van der Waals surface area contributed by atoms with Gasteiger partial charge in [0, 0.05) is 6.54 Å². The van der Waals surface area contributed by atoms with Crippen LogP contribution in [0.15, 0.2) is 24.3 Å². The number of aliphatic carboxylic acids is 1. The highest BCUT2D eigenvalue weighted by Gasteiger charge is 2.29. The Hall–Kier alpha value is -2.55. The second kappa shape index (κ2) is 5.40. The Morgan fingerprint density at radius 1 is 1.53 bits per heavy atom. The zero-order valence-electron chi connectivity index (χ0n) is 10.2. The van der Waals surface area contributed by atoms with E-state index in [0.717, 1.165) is 0 Å². The van der Waals surface area contributed by atoms with Gasteiger partial charge in [0.15, 0.2) is 0 Å². The maximum absolute atomic E-state index is 11.5. The highest BCUT2D eigenvalue weighted by Crippen LogP contribution is 2.24. The molecule has 1 heterocycles. The summed E-state index contributed by atoms with van der Waals surface area (Å²) < 4.78 is 0. The maximum Gasteiger partial charge on any atom is 0.305 e. The molecule has 0 saturated carbocycles. The molecule has 6 nitrogen and oxygen atoms in total. The van der Waals surface area contributed by atoms with Gasteiger partial charge in [-0.2, -0.15) is 5.26 Å². The Bertz CT molecular complexity index is 550. The first-order valence-electron chi connectivity index (χ1n) is 5.86. The van der Waals surface area contributed by atoms with Gasteiger partial charge in [-0.25, -0.2) is 0 Å². The topological polar surface area (TPSA) is 93.4 Å². The van der Waals surface area contributed by atoms with Gasteiger partial charge < -0.3 is 15.3 Å². The molecule has 2 rings (SSSR count). The fourth-order valence-corrected chi connectivity index (χ4v) is 2.17. The predicted molar refractivity (Wildman–Crippen MR) is 67.6 cm³/mol. The fourth-order valence-electron chi connectivity index (χ4n) is 2.17. The largest absolute Gasteiger partial charge is 0.481 e. The maximum atomic E-state index is 11.5. The summed E-state index contributed by atoms with van der Waals surface area (Å²) in [6.45, 7) is 0.335. The third-order valence-electron chi connectivity index (χ3n) is 3.03. The number of piperazine rings is 1. The van der Waals surface area contributed by atoms with Gasteiger partial charge in [0.1, 0.15) is 6.07 Å². The lowest BCUT2D eigenvalue weighted by atomic mass is 10.1. The molecule has 0 spiro atoms. The lowest BCUT2D eigenvalue weighted by molar-refractivity contribution is -0.138. The Morgan fingerprint density at radius 3 is 2.95 bits per heavy atom. The second-order valence-corrected chi connectivity index (χ2v) is 4.31. The van der Waals surface area contributed by atoms with Gasteiger partial charge in [0.05, 0.1) is 30.3 Å².